The van der Waals surface area contributed by atoms with Crippen molar-refractivity contribution >= 4 is 27.5 Å². The van der Waals surface area contributed by atoms with Crippen molar-refractivity contribution in [2.75, 3.05) is 0 Å². The van der Waals surface area contributed by atoms with Crippen molar-refractivity contribution in [3.05, 3.63) is 74.6 Å². The molecular weight excluding hydrogens is 330 g/mol. The Bertz CT molecular complexity index is 892. The maximum atomic E-state index is 12.4. The number of halogens is 1. The van der Waals surface area contributed by atoms with Gasteiger partial charge < -0.3 is 0 Å². The maximum absolute atomic E-state index is 12.4. The first kappa shape index (κ1) is 17.3. The molecule has 2 aromatic rings. The molecular formula is C18H16ClNO2S. The van der Waals surface area contributed by atoms with E-state index in [0.29, 0.717) is 16.1 Å². The highest BCUT2D eigenvalue weighted by Crippen LogP contribution is 2.20. The molecule has 0 aromatic heterocycles. The van der Waals surface area contributed by atoms with E-state index in [4.69, 9.17) is 11.6 Å². The van der Waals surface area contributed by atoms with E-state index in [9.17, 15) is 13.7 Å². The Labute approximate surface area is 141 Å². The zero-order valence-corrected chi connectivity index (χ0v) is 14.4. The first-order chi connectivity index (χ1) is 10.8. The van der Waals surface area contributed by atoms with Crippen molar-refractivity contribution in [2.45, 2.75) is 19.6 Å². The van der Waals surface area contributed by atoms with Crippen LogP contribution in [0.15, 0.2) is 47.4 Å². The second-order valence-corrected chi connectivity index (χ2v) is 7.74. The topological polar surface area (TPSA) is 57.9 Å². The number of aryl methyl sites for hydroxylation is 2. The van der Waals surface area contributed by atoms with Crippen molar-refractivity contribution < 1.29 is 8.42 Å². The lowest BCUT2D eigenvalue weighted by Gasteiger charge is -2.05. The Balaban J connectivity index is 2.34. The van der Waals surface area contributed by atoms with E-state index in [0.717, 1.165) is 11.1 Å². The summed E-state index contributed by atoms with van der Waals surface area (Å²) in [4.78, 5) is -0.240. The maximum Gasteiger partial charge on any atom is 0.192 e. The minimum atomic E-state index is -3.70. The summed E-state index contributed by atoms with van der Waals surface area (Å²) in [7, 11) is -3.70. The normalized spacial score (nSPS) is 12.0. The Hall–Kier alpha value is -2.09. The van der Waals surface area contributed by atoms with E-state index in [1.54, 1.807) is 36.4 Å². The number of hydrogen-bond donors (Lipinski definition) is 0. The van der Waals surface area contributed by atoms with Crippen LogP contribution in [0.5, 0.6) is 0 Å². The van der Waals surface area contributed by atoms with Gasteiger partial charge in [0.2, 0.25) is 0 Å². The van der Waals surface area contributed by atoms with Gasteiger partial charge in [-0.2, -0.15) is 5.26 Å². The molecule has 0 amide bonds. The predicted octanol–water partition coefficient (Wildman–Crippen LogP) is 4.44. The van der Waals surface area contributed by atoms with Crippen LogP contribution in [0.1, 0.15) is 22.3 Å². The molecule has 0 heterocycles. The Morgan fingerprint density at radius 3 is 2.35 bits per heavy atom. The third kappa shape index (κ3) is 4.44. The highest BCUT2D eigenvalue weighted by atomic mass is 35.5. The number of hydrogen-bond acceptors (Lipinski definition) is 3. The van der Waals surface area contributed by atoms with Crippen molar-refractivity contribution in [3.8, 4) is 6.07 Å². The lowest BCUT2D eigenvalue weighted by molar-refractivity contribution is 0.602. The molecule has 0 aliphatic carbocycles. The van der Waals surface area contributed by atoms with Crippen LogP contribution in [0, 0.1) is 25.2 Å². The van der Waals surface area contributed by atoms with E-state index >= 15 is 0 Å². The van der Waals surface area contributed by atoms with Crippen LogP contribution < -0.4 is 0 Å². The summed E-state index contributed by atoms with van der Waals surface area (Å²) in [5, 5.41) is 9.79. The molecule has 0 radical (unpaired) electrons. The zero-order valence-electron chi connectivity index (χ0n) is 12.9. The van der Waals surface area contributed by atoms with Crippen LogP contribution in [0.4, 0.5) is 0 Å². The van der Waals surface area contributed by atoms with Gasteiger partial charge in [-0.25, -0.2) is 8.42 Å². The van der Waals surface area contributed by atoms with E-state index in [1.165, 1.54) is 6.08 Å². The number of allylic oxidation sites excluding steroid dienone is 1. The second kappa shape index (κ2) is 6.99. The van der Waals surface area contributed by atoms with Crippen molar-refractivity contribution in [1.82, 2.24) is 0 Å². The highest BCUT2D eigenvalue weighted by Gasteiger charge is 2.18. The van der Waals surface area contributed by atoms with E-state index < -0.39 is 9.84 Å². The fraction of sp³-hybridized carbons (Fsp3) is 0.167. The second-order valence-electron chi connectivity index (χ2n) is 5.35. The number of nitrogens with zero attached hydrogens (tertiary/aromatic N) is 1. The van der Waals surface area contributed by atoms with E-state index in [1.807, 2.05) is 26.0 Å². The molecule has 0 aliphatic heterocycles. The average Bonchev–Trinajstić information content (AvgIpc) is 2.50. The molecule has 0 unspecified atom stereocenters. The van der Waals surface area contributed by atoms with Gasteiger partial charge in [0.1, 0.15) is 11.0 Å². The SMILES string of the molecule is Cc1ccc(/C=C(\C#N)S(=O)(=O)Cc2ccc(Cl)cc2)cc1C. The van der Waals surface area contributed by atoms with Crippen LogP contribution >= 0.6 is 11.6 Å². The van der Waals surface area contributed by atoms with Crippen molar-refractivity contribution in [1.29, 1.82) is 5.26 Å². The first-order valence-corrected chi connectivity index (χ1v) is 9.01. The molecule has 0 fully saturated rings. The third-order valence-corrected chi connectivity index (χ3v) is 5.39. The Morgan fingerprint density at radius 1 is 1.13 bits per heavy atom. The third-order valence-electron chi connectivity index (χ3n) is 3.54. The van der Waals surface area contributed by atoms with Gasteiger partial charge in [-0.15, -0.1) is 0 Å². The Kier molecular flexibility index (Phi) is 5.25. The van der Waals surface area contributed by atoms with Gasteiger partial charge in [-0.3, -0.25) is 0 Å². The molecule has 0 N–H and O–H groups in total. The predicted molar refractivity (Wildman–Crippen MR) is 93.6 cm³/mol. The summed E-state index contributed by atoms with van der Waals surface area (Å²) >= 11 is 5.79. The summed E-state index contributed by atoms with van der Waals surface area (Å²) in [5.41, 5.74) is 3.45. The van der Waals surface area contributed by atoms with Crippen molar-refractivity contribution in [2.24, 2.45) is 0 Å². The fourth-order valence-electron chi connectivity index (χ4n) is 2.08. The number of benzene rings is 2. The summed E-state index contributed by atoms with van der Waals surface area (Å²) in [6, 6.07) is 13.9. The molecule has 0 bridgehead atoms. The number of rotatable bonds is 4. The first-order valence-electron chi connectivity index (χ1n) is 6.98. The lowest BCUT2D eigenvalue weighted by Crippen LogP contribution is -2.06. The standard InChI is InChI=1S/C18H16ClNO2S/c1-13-3-4-16(9-14(13)2)10-18(11-20)23(21,22)12-15-5-7-17(19)8-6-15/h3-10H,12H2,1-2H3/b18-10+. The van der Waals surface area contributed by atoms with E-state index in [2.05, 4.69) is 0 Å². The van der Waals surface area contributed by atoms with Gasteiger partial charge >= 0.3 is 0 Å². The van der Waals surface area contributed by atoms with Crippen LogP contribution in [-0.4, -0.2) is 8.42 Å². The lowest BCUT2D eigenvalue weighted by atomic mass is 10.1. The monoisotopic (exact) mass is 345 g/mol. The van der Waals surface area contributed by atoms with Gasteiger partial charge in [-0.05, 0) is 54.3 Å². The molecule has 0 saturated carbocycles. The highest BCUT2D eigenvalue weighted by molar-refractivity contribution is 7.95. The Morgan fingerprint density at radius 2 is 1.78 bits per heavy atom. The van der Waals surface area contributed by atoms with E-state index in [-0.39, 0.29) is 10.7 Å². The molecule has 0 saturated heterocycles. The summed E-state index contributed by atoms with van der Waals surface area (Å²) in [6.07, 6.45) is 1.41. The van der Waals surface area contributed by atoms with Gasteiger partial charge in [0.15, 0.2) is 9.84 Å². The van der Waals surface area contributed by atoms with Crippen molar-refractivity contribution in [3.63, 3.8) is 0 Å². The molecule has 0 aliphatic rings. The van der Waals surface area contributed by atoms with Gasteiger partial charge in [0.05, 0.1) is 5.75 Å². The summed E-state index contributed by atoms with van der Waals surface area (Å²) < 4.78 is 24.9. The number of nitriles is 1. The van der Waals surface area contributed by atoms with Crippen LogP contribution in [0.3, 0.4) is 0 Å². The molecule has 118 valence electrons. The van der Waals surface area contributed by atoms with Crippen LogP contribution in [-0.2, 0) is 15.6 Å². The van der Waals surface area contributed by atoms with Gasteiger partial charge in [0, 0.05) is 5.02 Å². The molecule has 2 aromatic carbocycles. The minimum Gasteiger partial charge on any atom is -0.223 e. The molecule has 3 nitrogen and oxygen atoms in total. The van der Waals surface area contributed by atoms with Crippen LogP contribution in [0.2, 0.25) is 5.02 Å². The van der Waals surface area contributed by atoms with Gasteiger partial charge in [0.25, 0.3) is 0 Å². The molecule has 23 heavy (non-hydrogen) atoms. The summed E-state index contributed by atoms with van der Waals surface area (Å²) in [5.74, 6) is -0.228. The smallest absolute Gasteiger partial charge is 0.192 e. The largest absolute Gasteiger partial charge is 0.223 e. The number of sulfone groups is 1. The van der Waals surface area contributed by atoms with Crippen LogP contribution in [0.25, 0.3) is 6.08 Å². The molecule has 5 heteroatoms. The average molecular weight is 346 g/mol. The molecule has 2 rings (SSSR count). The molecule has 0 atom stereocenters. The fourth-order valence-corrected chi connectivity index (χ4v) is 3.44. The molecule has 0 spiro atoms. The zero-order chi connectivity index (χ0) is 17.0. The van der Waals surface area contributed by atoms with Gasteiger partial charge in [-0.1, -0.05) is 41.9 Å². The minimum absolute atomic E-state index is 0.228. The summed E-state index contributed by atoms with van der Waals surface area (Å²) in [6.45, 7) is 3.92. The quantitative estimate of drug-likeness (QED) is 0.770.